The zero-order valence-electron chi connectivity index (χ0n) is 29.6. The first-order valence-electron chi connectivity index (χ1n) is 15.3. The number of esters is 2. The number of benzene rings is 1. The lowest BCUT2D eigenvalue weighted by molar-refractivity contribution is -0.461. The summed E-state index contributed by atoms with van der Waals surface area (Å²) in [7, 11) is 0. The van der Waals surface area contributed by atoms with Crippen LogP contribution in [0.2, 0.25) is 0 Å². The number of ether oxygens (including phenoxy) is 2. The second kappa shape index (κ2) is 16.8. The Labute approximate surface area is 338 Å². The zero-order valence-corrected chi connectivity index (χ0v) is 29.6. The maximum absolute atomic E-state index is 14.1. The minimum atomic E-state index is -8.97. The lowest BCUT2D eigenvalue weighted by Crippen LogP contribution is -2.74. The van der Waals surface area contributed by atoms with Gasteiger partial charge in [0.1, 0.15) is 0 Å². The Morgan fingerprint density at radius 3 is 0.727 bits per heavy atom. The minimum absolute atomic E-state index is 0.0778. The van der Waals surface area contributed by atoms with E-state index in [0.29, 0.717) is 6.07 Å². The molecule has 0 aliphatic carbocycles. The van der Waals surface area contributed by atoms with E-state index < -0.39 is 144 Å². The second-order valence-electron chi connectivity index (χ2n) is 12.6. The molecule has 386 valence electrons. The molecule has 0 fully saturated rings. The molecule has 0 amide bonds. The molecule has 0 N–H and O–H groups in total. The normalized spacial score (nSPS) is 15.8. The Kier molecular flexibility index (Phi) is 15.2. The van der Waals surface area contributed by atoms with Crippen LogP contribution in [0.25, 0.3) is 0 Å². The summed E-state index contributed by atoms with van der Waals surface area (Å²) in [5.41, 5.74) is -2.78. The molecule has 0 aliphatic heterocycles. The van der Waals surface area contributed by atoms with Gasteiger partial charge in [-0.05, 0) is 18.2 Å². The zero-order chi connectivity index (χ0) is 53.4. The van der Waals surface area contributed by atoms with Crippen LogP contribution in [0, 0.1) is 0 Å². The Hall–Kier alpha value is -4.22. The van der Waals surface area contributed by atoms with E-state index >= 15 is 0 Å². The summed E-state index contributed by atoms with van der Waals surface area (Å²) in [6.07, 6.45) is -22.7. The first kappa shape index (κ1) is 59.8. The first-order chi connectivity index (χ1) is 28.5. The van der Waals surface area contributed by atoms with E-state index in [2.05, 4.69) is 9.47 Å². The predicted octanol–water partition coefficient (Wildman–Crippen LogP) is 12.8. The van der Waals surface area contributed by atoms with Crippen molar-refractivity contribution < 1.29 is 168 Å². The number of carbonyl (C=O) groups excluding carboxylic acids is 2. The van der Waals surface area contributed by atoms with Crippen LogP contribution in [-0.2, 0) is 9.47 Å². The molecule has 0 aliphatic rings. The van der Waals surface area contributed by atoms with Gasteiger partial charge < -0.3 is 9.47 Å². The Bertz CT molecular complexity index is 1780. The molecule has 0 aromatic heterocycles. The molecule has 0 radical (unpaired) electrons. The van der Waals surface area contributed by atoms with Crippen LogP contribution in [0.5, 0.6) is 0 Å². The smallest absolute Gasteiger partial charge is 0.460 e. The number of rotatable bonds is 20. The predicted molar refractivity (Wildman–Crippen MR) is 138 cm³/mol. The van der Waals surface area contributed by atoms with Crippen molar-refractivity contribution in [3.8, 4) is 0 Å². The molecule has 1 aromatic rings. The van der Waals surface area contributed by atoms with Crippen LogP contribution in [0.15, 0.2) is 24.3 Å². The Morgan fingerprint density at radius 1 is 0.318 bits per heavy atom. The van der Waals surface area contributed by atoms with Gasteiger partial charge in [0.05, 0.1) is 37.2 Å². The molecule has 0 unspecified atom stereocenters. The SMILES string of the molecule is O=C(OCCC(F)(F)C(F)(F)C(F)(F)C(F)(F)C(F)(F)C(F)(F)C(F)(F)C(F)(F)F)c1cccc(C(=O)OCCC(F)(F)C(F)(F)C(F)(F)C(F)(F)C(F)(F)C(F)(F)C(F)(F)C(F)(F)F)c1. The third-order valence-corrected chi connectivity index (χ3v) is 8.21. The van der Waals surface area contributed by atoms with Crippen LogP contribution in [-0.4, -0.2) is 120 Å². The number of hydrogen-bond acceptors (Lipinski definition) is 4. The summed E-state index contributed by atoms with van der Waals surface area (Å²) >= 11 is 0. The highest BCUT2D eigenvalue weighted by molar-refractivity contribution is 5.95. The summed E-state index contributed by atoms with van der Waals surface area (Å²) in [6.45, 7) is -5.14. The summed E-state index contributed by atoms with van der Waals surface area (Å²) in [6, 6.07) is 0.812. The van der Waals surface area contributed by atoms with Gasteiger partial charge in [-0.3, -0.25) is 0 Å². The van der Waals surface area contributed by atoms with Gasteiger partial charge in [0.25, 0.3) is 0 Å². The van der Waals surface area contributed by atoms with E-state index in [1.54, 1.807) is 0 Å². The van der Waals surface area contributed by atoms with Crippen LogP contribution < -0.4 is 0 Å². The average Bonchev–Trinajstić information content (AvgIpc) is 3.12. The first-order valence-corrected chi connectivity index (χ1v) is 15.3. The van der Waals surface area contributed by atoms with Crippen LogP contribution in [0.4, 0.5) is 149 Å². The quantitative estimate of drug-likeness (QED) is 0.0965. The monoisotopic (exact) mass is 1060 g/mol. The van der Waals surface area contributed by atoms with E-state index in [9.17, 15) is 159 Å². The molecule has 1 aromatic carbocycles. The molecule has 1 rings (SSSR count). The van der Waals surface area contributed by atoms with Gasteiger partial charge in [-0.1, -0.05) is 6.07 Å². The molecule has 0 atom stereocenters. The van der Waals surface area contributed by atoms with Crippen molar-refractivity contribution >= 4 is 11.9 Å². The maximum atomic E-state index is 14.1. The van der Waals surface area contributed by atoms with E-state index in [1.165, 1.54) is 0 Å². The third kappa shape index (κ3) is 8.73. The molecule has 66 heavy (non-hydrogen) atoms. The van der Waals surface area contributed by atoms with Gasteiger partial charge >= 0.3 is 107 Å². The van der Waals surface area contributed by atoms with Crippen molar-refractivity contribution in [2.75, 3.05) is 13.2 Å². The fraction of sp³-hybridized carbons (Fsp3) is 0.714. The van der Waals surface area contributed by atoms with Crippen LogP contribution >= 0.6 is 0 Å². The van der Waals surface area contributed by atoms with Crippen LogP contribution in [0.1, 0.15) is 33.6 Å². The highest BCUT2D eigenvalue weighted by Gasteiger charge is 2.97. The topological polar surface area (TPSA) is 52.6 Å². The fourth-order valence-corrected chi connectivity index (χ4v) is 4.19. The summed E-state index contributed by atoms with van der Waals surface area (Å²) in [5, 5.41) is 0. The second-order valence-corrected chi connectivity index (χ2v) is 12.6. The fourth-order valence-electron chi connectivity index (χ4n) is 4.19. The number of carbonyl (C=O) groups is 2. The van der Waals surface area contributed by atoms with Gasteiger partial charge in [0.15, 0.2) is 0 Å². The molecule has 4 nitrogen and oxygen atoms in total. The molecule has 0 heterocycles. The summed E-state index contributed by atoms with van der Waals surface area (Å²) in [5.74, 6) is -123. The third-order valence-electron chi connectivity index (χ3n) is 8.21. The van der Waals surface area contributed by atoms with Crippen molar-refractivity contribution in [3.05, 3.63) is 35.4 Å². The molecular formula is C28H12F34O4. The highest BCUT2D eigenvalue weighted by atomic mass is 19.4. The molecule has 0 spiro atoms. The maximum Gasteiger partial charge on any atom is 0.460 e. The van der Waals surface area contributed by atoms with E-state index in [4.69, 9.17) is 0 Å². The largest absolute Gasteiger partial charge is 0.462 e. The number of hydrogen-bond donors (Lipinski definition) is 0. The number of alkyl halides is 34. The number of halogens is 34. The minimum Gasteiger partial charge on any atom is -0.462 e. The van der Waals surface area contributed by atoms with E-state index in [0.717, 1.165) is 0 Å². The highest BCUT2D eigenvalue weighted by Crippen LogP contribution is 2.66. The van der Waals surface area contributed by atoms with Crippen molar-refractivity contribution in [2.24, 2.45) is 0 Å². The van der Waals surface area contributed by atoms with Gasteiger partial charge in [0.2, 0.25) is 0 Å². The molecule has 0 bridgehead atoms. The summed E-state index contributed by atoms with van der Waals surface area (Å²) < 4.78 is 463. The molecule has 0 saturated heterocycles. The average molecular weight is 1060 g/mol. The standard InChI is InChI=1S/C28H12F34O4/c29-13(30,15(33,34)17(37,38)19(41,42)21(45,46)23(49,50)25(53,54)27(57,58)59)4-6-65-11(63)9-2-1-3-10(8-9)12(64)66-7-5-14(31,32)16(35,36)18(39,40)20(43,44)22(47,48)24(51,52)26(55,56)28(60,61)62/h1-3,8H,4-7H2. The van der Waals surface area contributed by atoms with Gasteiger partial charge in [0, 0.05) is 0 Å². The lowest BCUT2D eigenvalue weighted by Gasteiger charge is -2.42. The van der Waals surface area contributed by atoms with E-state index in [1.807, 2.05) is 0 Å². The molecule has 38 heteroatoms. The Balaban J connectivity index is 3.24. The van der Waals surface area contributed by atoms with Gasteiger partial charge in [-0.2, -0.15) is 149 Å². The summed E-state index contributed by atoms with van der Waals surface area (Å²) in [4.78, 5) is 24.1. The van der Waals surface area contributed by atoms with Crippen molar-refractivity contribution in [2.45, 2.75) is 108 Å². The van der Waals surface area contributed by atoms with Crippen molar-refractivity contribution in [1.82, 2.24) is 0 Å². The Morgan fingerprint density at radius 2 is 0.515 bits per heavy atom. The molecular weight excluding hydrogens is 1050 g/mol. The van der Waals surface area contributed by atoms with Crippen molar-refractivity contribution in [3.63, 3.8) is 0 Å². The van der Waals surface area contributed by atoms with Crippen molar-refractivity contribution in [1.29, 1.82) is 0 Å². The lowest BCUT2D eigenvalue weighted by atomic mass is 9.88. The van der Waals surface area contributed by atoms with Gasteiger partial charge in [-0.15, -0.1) is 0 Å². The molecule has 0 saturated carbocycles. The van der Waals surface area contributed by atoms with Gasteiger partial charge in [-0.25, -0.2) is 9.59 Å². The van der Waals surface area contributed by atoms with E-state index in [-0.39, 0.29) is 18.2 Å². The van der Waals surface area contributed by atoms with Crippen LogP contribution in [0.3, 0.4) is 0 Å².